The first-order valence-corrected chi connectivity index (χ1v) is 6.12. The summed E-state index contributed by atoms with van der Waals surface area (Å²) in [5.74, 6) is 0.0528. The molecule has 0 aliphatic carbocycles. The van der Waals surface area contributed by atoms with Crippen LogP contribution in [0.1, 0.15) is 12.0 Å². The van der Waals surface area contributed by atoms with Crippen LogP contribution in [0.2, 0.25) is 10.0 Å². The van der Waals surface area contributed by atoms with Crippen LogP contribution < -0.4 is 4.74 Å². The zero-order valence-corrected chi connectivity index (χ0v) is 11.4. The summed E-state index contributed by atoms with van der Waals surface area (Å²) in [4.78, 5) is 11.0. The number of ether oxygens (including phenoxy) is 2. The fraction of sp³-hybridized carbons (Fsp3) is 0.417. The average molecular weight is 293 g/mol. The Balaban J connectivity index is 2.75. The number of carbonyl (C=O) groups excluding carboxylic acids is 1. The Labute approximate surface area is 115 Å². The highest BCUT2D eigenvalue weighted by molar-refractivity contribution is 6.37. The molecule has 0 amide bonds. The van der Waals surface area contributed by atoms with E-state index < -0.39 is 0 Å². The second kappa shape index (κ2) is 7.46. The average Bonchev–Trinajstić information content (AvgIpc) is 2.35. The fourth-order valence-corrected chi connectivity index (χ4v) is 2.03. The lowest BCUT2D eigenvalue weighted by molar-refractivity contribution is -0.140. The Morgan fingerprint density at radius 3 is 2.44 bits per heavy atom. The summed E-state index contributed by atoms with van der Waals surface area (Å²) in [5, 5.41) is 9.39. The zero-order chi connectivity index (χ0) is 13.5. The minimum absolute atomic E-state index is 0.114. The van der Waals surface area contributed by atoms with Crippen LogP contribution in [0.3, 0.4) is 0 Å². The molecule has 1 N–H and O–H groups in total. The van der Waals surface area contributed by atoms with Crippen LogP contribution in [0.4, 0.5) is 0 Å². The van der Waals surface area contributed by atoms with Crippen molar-refractivity contribution in [3.05, 3.63) is 27.7 Å². The summed E-state index contributed by atoms with van der Waals surface area (Å²) >= 11 is 12.0. The van der Waals surface area contributed by atoms with Crippen molar-refractivity contribution >= 4 is 29.2 Å². The van der Waals surface area contributed by atoms with E-state index in [9.17, 15) is 4.79 Å². The lowest BCUT2D eigenvalue weighted by Gasteiger charge is -2.10. The van der Waals surface area contributed by atoms with Crippen LogP contribution in [-0.4, -0.2) is 31.4 Å². The van der Waals surface area contributed by atoms with Gasteiger partial charge in [0.1, 0.15) is 6.61 Å². The van der Waals surface area contributed by atoms with Gasteiger partial charge in [-0.25, -0.2) is 0 Å². The van der Waals surface area contributed by atoms with E-state index in [1.807, 2.05) is 0 Å². The monoisotopic (exact) mass is 292 g/mol. The number of carbonyl (C=O) groups is 1. The zero-order valence-electron chi connectivity index (χ0n) is 9.91. The molecule has 1 rings (SSSR count). The summed E-state index contributed by atoms with van der Waals surface area (Å²) in [6, 6.07) is 3.37. The van der Waals surface area contributed by atoms with Gasteiger partial charge in [-0.1, -0.05) is 23.2 Å². The van der Waals surface area contributed by atoms with Gasteiger partial charge in [0.05, 0.1) is 23.8 Å². The highest BCUT2D eigenvalue weighted by Crippen LogP contribution is 2.34. The van der Waals surface area contributed by atoms with E-state index in [0.717, 1.165) is 5.56 Å². The second-order valence-electron chi connectivity index (χ2n) is 3.54. The molecule has 1 aromatic carbocycles. The van der Waals surface area contributed by atoms with Crippen molar-refractivity contribution in [2.24, 2.45) is 0 Å². The van der Waals surface area contributed by atoms with Crippen molar-refractivity contribution in [3.8, 4) is 5.75 Å². The number of aliphatic hydroxyl groups excluding tert-OH is 1. The number of hydrogen-bond donors (Lipinski definition) is 1. The first-order valence-electron chi connectivity index (χ1n) is 5.37. The quantitative estimate of drug-likeness (QED) is 0.819. The topological polar surface area (TPSA) is 55.8 Å². The summed E-state index contributed by atoms with van der Waals surface area (Å²) in [5.41, 5.74) is 0.826. The van der Waals surface area contributed by atoms with Crippen molar-refractivity contribution in [1.82, 2.24) is 0 Å². The third-order valence-electron chi connectivity index (χ3n) is 2.24. The predicted molar refractivity (Wildman–Crippen MR) is 69.4 cm³/mol. The minimum Gasteiger partial charge on any atom is -0.488 e. The molecule has 18 heavy (non-hydrogen) atoms. The smallest absolute Gasteiger partial charge is 0.305 e. The van der Waals surface area contributed by atoms with E-state index >= 15 is 0 Å². The molecule has 0 fully saturated rings. The normalized spacial score (nSPS) is 10.2. The molecular weight excluding hydrogens is 279 g/mol. The van der Waals surface area contributed by atoms with Gasteiger partial charge in [0.15, 0.2) is 5.75 Å². The molecule has 0 saturated heterocycles. The van der Waals surface area contributed by atoms with Crippen molar-refractivity contribution < 1.29 is 19.4 Å². The molecule has 100 valence electrons. The molecule has 6 heteroatoms. The van der Waals surface area contributed by atoms with E-state index in [2.05, 4.69) is 4.74 Å². The van der Waals surface area contributed by atoms with Crippen molar-refractivity contribution in [3.63, 3.8) is 0 Å². The van der Waals surface area contributed by atoms with E-state index in [1.165, 1.54) is 7.11 Å². The van der Waals surface area contributed by atoms with Crippen LogP contribution in [0.25, 0.3) is 0 Å². The Bertz CT molecular complexity index is 398. The van der Waals surface area contributed by atoms with E-state index in [0.29, 0.717) is 22.2 Å². The highest BCUT2D eigenvalue weighted by atomic mass is 35.5. The molecule has 4 nitrogen and oxygen atoms in total. The van der Waals surface area contributed by atoms with Crippen LogP contribution >= 0.6 is 23.2 Å². The molecule has 1 aromatic rings. The maximum Gasteiger partial charge on any atom is 0.305 e. The largest absolute Gasteiger partial charge is 0.488 e. The maximum absolute atomic E-state index is 11.0. The number of rotatable bonds is 6. The van der Waals surface area contributed by atoms with Crippen LogP contribution in [-0.2, 0) is 16.0 Å². The Morgan fingerprint density at radius 2 is 1.94 bits per heavy atom. The predicted octanol–water partition coefficient (Wildman–Crippen LogP) is 2.47. The van der Waals surface area contributed by atoms with Gasteiger partial charge in [-0.15, -0.1) is 0 Å². The fourth-order valence-electron chi connectivity index (χ4n) is 1.39. The molecule has 0 saturated carbocycles. The van der Waals surface area contributed by atoms with E-state index in [1.54, 1.807) is 12.1 Å². The molecule has 0 unspecified atom stereocenters. The highest BCUT2D eigenvalue weighted by Gasteiger charge is 2.10. The SMILES string of the molecule is COC(=O)CCc1cc(Cl)c(OCCO)c(Cl)c1. The van der Waals surface area contributed by atoms with Gasteiger partial charge in [-0.3, -0.25) is 4.79 Å². The number of aliphatic hydroxyl groups is 1. The first-order chi connectivity index (χ1) is 8.58. The molecule has 0 atom stereocenters. The van der Waals surface area contributed by atoms with Gasteiger partial charge in [0, 0.05) is 6.42 Å². The number of esters is 1. The third kappa shape index (κ3) is 4.37. The Morgan fingerprint density at radius 1 is 1.33 bits per heavy atom. The number of halogens is 2. The molecule has 0 heterocycles. The van der Waals surface area contributed by atoms with Crippen molar-refractivity contribution in [2.45, 2.75) is 12.8 Å². The van der Waals surface area contributed by atoms with Crippen molar-refractivity contribution in [1.29, 1.82) is 0 Å². The van der Waals surface area contributed by atoms with E-state index in [-0.39, 0.29) is 25.6 Å². The second-order valence-corrected chi connectivity index (χ2v) is 4.35. The summed E-state index contributed by atoms with van der Waals surface area (Å²) in [7, 11) is 1.34. The molecule has 0 radical (unpaired) electrons. The van der Waals surface area contributed by atoms with Gasteiger partial charge in [-0.05, 0) is 24.1 Å². The number of benzene rings is 1. The van der Waals surface area contributed by atoms with Gasteiger partial charge < -0.3 is 14.6 Å². The first kappa shape index (κ1) is 15.1. The van der Waals surface area contributed by atoms with Crippen LogP contribution in [0, 0.1) is 0 Å². The molecule has 0 bridgehead atoms. The lowest BCUT2D eigenvalue weighted by Crippen LogP contribution is -2.04. The number of methoxy groups -OCH3 is 1. The Kier molecular flexibility index (Phi) is 6.25. The number of hydrogen-bond acceptors (Lipinski definition) is 4. The molecule has 0 spiro atoms. The van der Waals surface area contributed by atoms with Crippen LogP contribution in [0.15, 0.2) is 12.1 Å². The molecule has 0 aromatic heterocycles. The molecular formula is C12H14Cl2O4. The standard InChI is InChI=1S/C12H14Cl2O4/c1-17-11(16)3-2-8-6-9(13)12(10(14)7-8)18-5-4-15/h6-7,15H,2-5H2,1H3. The van der Waals surface area contributed by atoms with Gasteiger partial charge in [0.25, 0.3) is 0 Å². The number of aryl methyl sites for hydroxylation is 1. The maximum atomic E-state index is 11.0. The van der Waals surface area contributed by atoms with Crippen molar-refractivity contribution in [2.75, 3.05) is 20.3 Å². The summed E-state index contributed by atoms with van der Waals surface area (Å²) in [6.07, 6.45) is 0.756. The summed E-state index contributed by atoms with van der Waals surface area (Å²) < 4.78 is 9.76. The van der Waals surface area contributed by atoms with Crippen LogP contribution in [0.5, 0.6) is 5.75 Å². The Hall–Kier alpha value is -0.970. The minimum atomic E-state index is -0.289. The lowest BCUT2D eigenvalue weighted by atomic mass is 10.1. The van der Waals surface area contributed by atoms with E-state index in [4.69, 9.17) is 33.0 Å². The summed E-state index contributed by atoms with van der Waals surface area (Å²) in [6.45, 7) is 0.0116. The van der Waals surface area contributed by atoms with Gasteiger partial charge in [-0.2, -0.15) is 0 Å². The molecule has 0 aliphatic rings. The van der Waals surface area contributed by atoms with Gasteiger partial charge >= 0.3 is 5.97 Å². The van der Waals surface area contributed by atoms with Gasteiger partial charge in [0.2, 0.25) is 0 Å². The third-order valence-corrected chi connectivity index (χ3v) is 2.80. The molecule has 0 aliphatic heterocycles.